The number of carbonyl (C=O) groups is 3. The van der Waals surface area contributed by atoms with Gasteiger partial charge in [-0.05, 0) is 42.3 Å². The summed E-state index contributed by atoms with van der Waals surface area (Å²) >= 11 is 1.57. The zero-order valence-electron chi connectivity index (χ0n) is 16.1. The molecule has 0 heterocycles. The lowest BCUT2D eigenvalue weighted by Gasteiger charge is -2.08. The maximum Gasteiger partial charge on any atom is 0.307 e. The third-order valence-electron chi connectivity index (χ3n) is 3.77. The van der Waals surface area contributed by atoms with Gasteiger partial charge in [-0.15, -0.1) is 11.8 Å². The molecule has 0 atom stereocenters. The molecule has 0 radical (unpaired) electrons. The average Bonchev–Trinajstić information content (AvgIpc) is 2.67. The van der Waals surface area contributed by atoms with E-state index < -0.39 is 5.97 Å². The minimum atomic E-state index is -0.394. The Kier molecular flexibility index (Phi) is 8.75. The first-order valence-corrected chi connectivity index (χ1v) is 10.2. The highest BCUT2D eigenvalue weighted by atomic mass is 32.2. The van der Waals surface area contributed by atoms with E-state index >= 15 is 0 Å². The molecule has 2 rings (SSSR count). The Morgan fingerprint density at radius 3 is 2.32 bits per heavy atom. The van der Waals surface area contributed by atoms with Gasteiger partial charge in [0.2, 0.25) is 5.91 Å². The highest BCUT2D eigenvalue weighted by molar-refractivity contribution is 7.99. The zero-order chi connectivity index (χ0) is 20.4. The summed E-state index contributed by atoms with van der Waals surface area (Å²) in [6, 6.07) is 16.4. The Bertz CT molecular complexity index is 788. The van der Waals surface area contributed by atoms with Gasteiger partial charge in [-0.1, -0.05) is 32.0 Å². The second-order valence-corrected chi connectivity index (χ2v) is 7.89. The molecule has 0 aliphatic heterocycles. The van der Waals surface area contributed by atoms with Gasteiger partial charge < -0.3 is 10.1 Å². The number of anilines is 1. The van der Waals surface area contributed by atoms with Crippen LogP contribution in [-0.2, 0) is 14.3 Å². The van der Waals surface area contributed by atoms with Gasteiger partial charge in [0, 0.05) is 28.3 Å². The van der Waals surface area contributed by atoms with Gasteiger partial charge in [0.15, 0.2) is 12.4 Å². The van der Waals surface area contributed by atoms with Crippen molar-refractivity contribution in [2.45, 2.75) is 31.6 Å². The molecule has 0 aromatic heterocycles. The summed E-state index contributed by atoms with van der Waals surface area (Å²) in [7, 11) is 0. The molecule has 0 aliphatic rings. The van der Waals surface area contributed by atoms with Crippen LogP contribution < -0.4 is 5.32 Å². The quantitative estimate of drug-likeness (QED) is 0.360. The van der Waals surface area contributed by atoms with Gasteiger partial charge >= 0.3 is 5.97 Å². The lowest BCUT2D eigenvalue weighted by molar-refractivity contribution is -0.142. The molecular formula is C22H25NO4S. The van der Waals surface area contributed by atoms with E-state index in [9.17, 15) is 14.4 Å². The van der Waals surface area contributed by atoms with Crippen molar-refractivity contribution in [1.82, 2.24) is 0 Å². The van der Waals surface area contributed by atoms with Crippen molar-refractivity contribution in [1.29, 1.82) is 0 Å². The molecule has 5 nitrogen and oxygen atoms in total. The number of amides is 1. The Hall–Kier alpha value is -2.60. The molecule has 2 aromatic carbocycles. The molecule has 2 aromatic rings. The van der Waals surface area contributed by atoms with Crippen LogP contribution in [0.3, 0.4) is 0 Å². The molecule has 0 unspecified atom stereocenters. The lowest BCUT2D eigenvalue weighted by atomic mass is 10.1. The van der Waals surface area contributed by atoms with Gasteiger partial charge in [0.25, 0.3) is 0 Å². The molecule has 1 N–H and O–H groups in total. The highest BCUT2D eigenvalue weighted by Gasteiger charge is 2.11. The number of nitrogens with one attached hydrogen (secondary N) is 1. The van der Waals surface area contributed by atoms with E-state index in [4.69, 9.17) is 4.74 Å². The molecule has 0 aliphatic carbocycles. The summed E-state index contributed by atoms with van der Waals surface area (Å²) in [5.41, 5.74) is 1.07. The number of ketones is 1. The van der Waals surface area contributed by atoms with E-state index in [2.05, 4.69) is 5.32 Å². The number of benzene rings is 2. The number of thioether (sulfide) groups is 1. The van der Waals surface area contributed by atoms with Crippen molar-refractivity contribution in [3.05, 3.63) is 60.2 Å². The molecule has 0 spiro atoms. The molecule has 6 heteroatoms. The Labute approximate surface area is 169 Å². The van der Waals surface area contributed by atoms with Crippen molar-refractivity contribution in [2.75, 3.05) is 17.7 Å². The predicted molar refractivity (Wildman–Crippen MR) is 112 cm³/mol. The van der Waals surface area contributed by atoms with Crippen LogP contribution in [0.25, 0.3) is 0 Å². The number of hydrogen-bond donors (Lipinski definition) is 1. The first kappa shape index (κ1) is 21.7. The molecule has 0 saturated heterocycles. The fourth-order valence-electron chi connectivity index (χ4n) is 2.39. The number of ether oxygens (including phenoxy) is 1. The maximum atomic E-state index is 12.2. The van der Waals surface area contributed by atoms with Crippen LogP contribution in [0.2, 0.25) is 0 Å². The number of esters is 1. The normalized spacial score (nSPS) is 10.5. The van der Waals surface area contributed by atoms with Gasteiger partial charge in [-0.2, -0.15) is 0 Å². The van der Waals surface area contributed by atoms with Crippen LogP contribution >= 0.6 is 11.8 Å². The standard InChI is InChI=1S/C22H25NO4S/c1-16(2)14-21(25)23-18-10-8-17(9-11-18)20(24)15-27-22(26)12-13-28-19-6-4-3-5-7-19/h3-11,16H,12-15H2,1-2H3,(H,23,25). The summed E-state index contributed by atoms with van der Waals surface area (Å²) < 4.78 is 5.06. The molecule has 1 amide bonds. The first-order valence-electron chi connectivity index (χ1n) is 9.20. The van der Waals surface area contributed by atoms with Crippen LogP contribution in [-0.4, -0.2) is 30.0 Å². The van der Waals surface area contributed by atoms with E-state index in [0.717, 1.165) is 4.90 Å². The van der Waals surface area contributed by atoms with Crippen LogP contribution in [0, 0.1) is 5.92 Å². The SMILES string of the molecule is CC(C)CC(=O)Nc1ccc(C(=O)COC(=O)CCSc2ccccc2)cc1. The molecule has 0 saturated carbocycles. The Morgan fingerprint density at radius 2 is 1.68 bits per heavy atom. The largest absolute Gasteiger partial charge is 0.457 e. The topological polar surface area (TPSA) is 72.5 Å². The van der Waals surface area contributed by atoms with E-state index in [1.165, 1.54) is 0 Å². The summed E-state index contributed by atoms with van der Waals surface area (Å²) in [6.07, 6.45) is 0.687. The van der Waals surface area contributed by atoms with Crippen molar-refractivity contribution >= 4 is 35.1 Å². The number of carbonyl (C=O) groups excluding carboxylic acids is 3. The number of rotatable bonds is 10. The number of hydrogen-bond acceptors (Lipinski definition) is 5. The molecule has 0 fully saturated rings. The van der Waals surface area contributed by atoms with Crippen molar-refractivity contribution in [2.24, 2.45) is 5.92 Å². The predicted octanol–water partition coefficient (Wildman–Crippen LogP) is 4.58. The molecule has 148 valence electrons. The van der Waals surface area contributed by atoms with Crippen LogP contribution in [0.4, 0.5) is 5.69 Å². The zero-order valence-corrected chi connectivity index (χ0v) is 17.0. The van der Waals surface area contributed by atoms with Gasteiger partial charge in [-0.25, -0.2) is 0 Å². The molecular weight excluding hydrogens is 374 g/mol. The van der Waals surface area contributed by atoms with E-state index in [1.807, 2.05) is 44.2 Å². The van der Waals surface area contributed by atoms with E-state index in [1.54, 1.807) is 36.0 Å². The minimum Gasteiger partial charge on any atom is -0.457 e. The Balaban J connectivity index is 1.71. The number of Topliss-reactive ketones (excluding diaryl/α,β-unsaturated/α-hetero) is 1. The van der Waals surface area contributed by atoms with Crippen LogP contribution in [0.15, 0.2) is 59.5 Å². The fraction of sp³-hybridized carbons (Fsp3) is 0.318. The third-order valence-corrected chi connectivity index (χ3v) is 4.78. The molecule has 28 heavy (non-hydrogen) atoms. The van der Waals surface area contributed by atoms with Crippen molar-refractivity contribution in [3.8, 4) is 0 Å². The highest BCUT2D eigenvalue weighted by Crippen LogP contribution is 2.18. The second kappa shape index (κ2) is 11.3. The summed E-state index contributed by atoms with van der Waals surface area (Å²) in [6.45, 7) is 3.67. The lowest BCUT2D eigenvalue weighted by Crippen LogP contribution is -2.15. The Morgan fingerprint density at radius 1 is 1.00 bits per heavy atom. The van der Waals surface area contributed by atoms with Crippen molar-refractivity contribution in [3.63, 3.8) is 0 Å². The van der Waals surface area contributed by atoms with Crippen molar-refractivity contribution < 1.29 is 19.1 Å². The van der Waals surface area contributed by atoms with Crippen LogP contribution in [0.5, 0.6) is 0 Å². The van der Waals surface area contributed by atoms with Gasteiger partial charge in [-0.3, -0.25) is 14.4 Å². The fourth-order valence-corrected chi connectivity index (χ4v) is 3.25. The smallest absolute Gasteiger partial charge is 0.307 e. The van der Waals surface area contributed by atoms with Gasteiger partial charge in [0.1, 0.15) is 0 Å². The maximum absolute atomic E-state index is 12.2. The molecule has 0 bridgehead atoms. The monoisotopic (exact) mass is 399 g/mol. The summed E-state index contributed by atoms with van der Waals surface area (Å²) in [5, 5.41) is 2.79. The summed E-state index contributed by atoms with van der Waals surface area (Å²) in [5.74, 6) is 0.151. The average molecular weight is 400 g/mol. The van der Waals surface area contributed by atoms with Gasteiger partial charge in [0.05, 0.1) is 6.42 Å². The first-order chi connectivity index (χ1) is 13.4. The van der Waals surface area contributed by atoms with Crippen LogP contribution in [0.1, 0.15) is 37.0 Å². The third kappa shape index (κ3) is 7.96. The van der Waals surface area contributed by atoms with E-state index in [0.29, 0.717) is 23.4 Å². The summed E-state index contributed by atoms with van der Waals surface area (Å²) in [4.78, 5) is 36.8. The second-order valence-electron chi connectivity index (χ2n) is 6.72. The van der Waals surface area contributed by atoms with E-state index in [-0.39, 0.29) is 30.6 Å². The minimum absolute atomic E-state index is 0.0589.